The van der Waals surface area contributed by atoms with Gasteiger partial charge in [0, 0.05) is 11.1 Å². The summed E-state index contributed by atoms with van der Waals surface area (Å²) in [4.78, 5) is 29.2. The average Bonchev–Trinajstić information content (AvgIpc) is 2.56. The summed E-state index contributed by atoms with van der Waals surface area (Å²) in [7, 11) is 1.26. The number of ether oxygens (including phenoxy) is 2. The predicted molar refractivity (Wildman–Crippen MR) is 96.5 cm³/mol. The van der Waals surface area contributed by atoms with E-state index in [-0.39, 0.29) is 22.8 Å². The van der Waals surface area contributed by atoms with Crippen LogP contribution in [0.1, 0.15) is 39.0 Å². The normalized spacial score (nSPS) is 10.5. The van der Waals surface area contributed by atoms with E-state index in [1.54, 1.807) is 39.0 Å². The number of benzene rings is 1. The number of carbonyl (C=O) groups is 2. The quantitative estimate of drug-likeness (QED) is 0.566. The van der Waals surface area contributed by atoms with Crippen molar-refractivity contribution < 1.29 is 19.1 Å². The first kappa shape index (κ1) is 19.2. The SMILES string of the molecule is CCOC(=O)c1c(C)n[13c]([13CH3])[13c]([13C](=O)OC)c1-c1cccc(Cl)c1Cl. The minimum atomic E-state index is -0.624. The number of nitrogens with zero attached hydrogens (tertiary/aromatic N) is 1. The molecule has 0 bridgehead atoms. The van der Waals surface area contributed by atoms with Crippen LogP contribution in [0.5, 0.6) is 0 Å². The molecule has 0 fully saturated rings. The maximum absolute atomic E-state index is 12.5. The Morgan fingerprint density at radius 3 is 2.24 bits per heavy atom. The maximum Gasteiger partial charge on any atom is 0.340 e. The Hall–Kier alpha value is -2.11. The molecule has 0 unspecified atom stereocenters. The zero-order valence-electron chi connectivity index (χ0n) is 14.3. The van der Waals surface area contributed by atoms with Gasteiger partial charge < -0.3 is 9.47 Å². The first-order valence-corrected chi connectivity index (χ1v) is 8.30. The van der Waals surface area contributed by atoms with Crippen molar-refractivity contribution in [3.05, 3.63) is 50.8 Å². The topological polar surface area (TPSA) is 65.5 Å². The van der Waals surface area contributed by atoms with Crippen molar-refractivity contribution in [3.63, 3.8) is 0 Å². The molecular formula is C18H17Cl2NO4. The number of aryl methyl sites for hydroxylation is 2. The molecule has 132 valence electrons. The first-order chi connectivity index (χ1) is 11.8. The van der Waals surface area contributed by atoms with Gasteiger partial charge in [-0.05, 0) is 26.8 Å². The molecular weight excluding hydrogens is 369 g/mol. The molecule has 1 heterocycles. The molecule has 0 saturated heterocycles. The fourth-order valence-corrected chi connectivity index (χ4v) is 3.02. The highest BCUT2D eigenvalue weighted by Crippen LogP contribution is 2.39. The van der Waals surface area contributed by atoms with Gasteiger partial charge in [0.1, 0.15) is 0 Å². The molecule has 2 rings (SSSR count). The predicted octanol–water partition coefficient (Wildman–Crippen LogP) is 4.64. The minimum absolute atomic E-state index is 0.153. The largest absolute Gasteiger partial charge is 0.465 e. The lowest BCUT2D eigenvalue weighted by Crippen LogP contribution is -2.17. The number of rotatable bonds is 4. The second kappa shape index (κ2) is 7.85. The van der Waals surface area contributed by atoms with Gasteiger partial charge in [0.15, 0.2) is 0 Å². The number of esters is 2. The summed E-state index contributed by atoms with van der Waals surface area (Å²) in [5.41, 5.74) is 1.91. The fraction of sp³-hybridized carbons (Fsp3) is 0.278. The van der Waals surface area contributed by atoms with Gasteiger partial charge in [-0.15, -0.1) is 0 Å². The number of hydrogen-bond acceptors (Lipinski definition) is 5. The van der Waals surface area contributed by atoms with Crippen LogP contribution >= 0.6 is 23.2 Å². The third-order valence-electron chi connectivity index (χ3n) is 3.65. The van der Waals surface area contributed by atoms with E-state index in [1.165, 1.54) is 7.11 Å². The Morgan fingerprint density at radius 2 is 1.68 bits per heavy atom. The molecule has 2 aromatic rings. The van der Waals surface area contributed by atoms with Crippen LogP contribution in [0, 0.1) is 13.8 Å². The molecule has 1 aromatic carbocycles. The molecule has 5 nitrogen and oxygen atoms in total. The second-order valence-corrected chi connectivity index (χ2v) is 6.01. The van der Waals surface area contributed by atoms with Crippen LogP contribution in [0.3, 0.4) is 0 Å². The van der Waals surface area contributed by atoms with Gasteiger partial charge in [-0.2, -0.15) is 0 Å². The van der Waals surface area contributed by atoms with Crippen LogP contribution in [0.4, 0.5) is 0 Å². The molecule has 0 saturated carbocycles. The Labute approximate surface area is 155 Å². The number of methoxy groups -OCH3 is 1. The van der Waals surface area contributed by atoms with E-state index in [9.17, 15) is 9.59 Å². The van der Waals surface area contributed by atoms with Gasteiger partial charge in [0.05, 0.1) is 46.3 Å². The maximum atomic E-state index is 12.5. The van der Waals surface area contributed by atoms with Crippen LogP contribution in [-0.2, 0) is 9.47 Å². The van der Waals surface area contributed by atoms with Crippen LogP contribution in [0.15, 0.2) is 18.2 Å². The highest BCUT2D eigenvalue weighted by Gasteiger charge is 2.28. The molecule has 0 aliphatic rings. The van der Waals surface area contributed by atoms with Crippen LogP contribution in [0.2, 0.25) is 10.0 Å². The standard InChI is InChI=1S/C18H17Cl2NO4/c1-5-25-18(23)14-10(3)21-9(2)13(17(22)24-4)15(14)11-7-6-8-12(19)16(11)20/h6-8H,5H2,1-4H3/i2+1,9+1,13+1,17+1. The molecule has 0 aliphatic carbocycles. The lowest BCUT2D eigenvalue weighted by molar-refractivity contribution is 0.0526. The zero-order valence-corrected chi connectivity index (χ0v) is 15.8. The van der Waals surface area contributed by atoms with Crippen molar-refractivity contribution in [1.29, 1.82) is 0 Å². The Bertz CT molecular complexity index is 849. The van der Waals surface area contributed by atoms with Crippen molar-refractivity contribution in [1.82, 2.24) is 4.98 Å². The van der Waals surface area contributed by atoms with E-state index in [4.69, 9.17) is 32.7 Å². The van der Waals surface area contributed by atoms with E-state index < -0.39 is 11.9 Å². The van der Waals surface area contributed by atoms with E-state index in [0.29, 0.717) is 27.5 Å². The molecule has 0 aliphatic heterocycles. The Kier molecular flexibility index (Phi) is 6.03. The van der Waals surface area contributed by atoms with Gasteiger partial charge in [-0.3, -0.25) is 4.98 Å². The molecule has 0 amide bonds. The number of hydrogen-bond donors (Lipinski definition) is 0. The van der Waals surface area contributed by atoms with Crippen molar-refractivity contribution in [2.75, 3.05) is 13.7 Å². The summed E-state index contributed by atoms with van der Waals surface area (Å²) in [5, 5.41) is 0.529. The summed E-state index contributed by atoms with van der Waals surface area (Å²) in [6.45, 7) is 5.21. The van der Waals surface area contributed by atoms with E-state index in [1.807, 2.05) is 0 Å². The smallest absolute Gasteiger partial charge is 0.340 e. The molecule has 7 heteroatoms. The highest BCUT2D eigenvalue weighted by molar-refractivity contribution is 6.44. The van der Waals surface area contributed by atoms with Crippen molar-refractivity contribution in [2.24, 2.45) is 0 Å². The molecule has 0 radical (unpaired) electrons. The fourth-order valence-electron chi connectivity index (χ4n) is 2.62. The molecule has 0 atom stereocenters. The molecule has 0 N–H and O–H groups in total. The number of carbonyl (C=O) groups excluding carboxylic acids is 2. The number of aromatic nitrogens is 1. The van der Waals surface area contributed by atoms with Crippen molar-refractivity contribution in [3.8, 4) is 11.1 Å². The van der Waals surface area contributed by atoms with E-state index >= 15 is 0 Å². The lowest BCUT2D eigenvalue weighted by atomic mass is 10.0. The monoisotopic (exact) mass is 385 g/mol. The van der Waals surface area contributed by atoms with E-state index in [2.05, 4.69) is 4.98 Å². The molecule has 25 heavy (non-hydrogen) atoms. The van der Waals surface area contributed by atoms with E-state index in [0.717, 1.165) is 0 Å². The number of halogens is 2. The molecule has 1 aromatic heterocycles. The Morgan fingerprint density at radius 1 is 1.08 bits per heavy atom. The Balaban J connectivity index is 2.96. The van der Waals surface area contributed by atoms with Crippen molar-refractivity contribution in [2.45, 2.75) is 20.8 Å². The van der Waals surface area contributed by atoms with Gasteiger partial charge in [-0.25, -0.2) is 9.59 Å². The summed E-state index contributed by atoms with van der Waals surface area (Å²) in [5.74, 6) is -1.22. The molecule has 0 spiro atoms. The van der Waals surface area contributed by atoms with Gasteiger partial charge >= 0.3 is 11.9 Å². The summed E-state index contributed by atoms with van der Waals surface area (Å²) in [6, 6.07) is 4.98. The third-order valence-corrected chi connectivity index (χ3v) is 4.47. The van der Waals surface area contributed by atoms with Gasteiger partial charge in [-0.1, -0.05) is 35.3 Å². The summed E-state index contributed by atoms with van der Waals surface area (Å²) in [6.07, 6.45) is 0. The van der Waals surface area contributed by atoms with Crippen LogP contribution in [-0.4, -0.2) is 30.6 Å². The third kappa shape index (κ3) is 3.62. The van der Waals surface area contributed by atoms with Crippen LogP contribution in [0.25, 0.3) is 11.1 Å². The second-order valence-electron chi connectivity index (χ2n) is 5.22. The summed E-state index contributed by atoms with van der Waals surface area (Å²) >= 11 is 12.5. The average molecular weight is 386 g/mol. The minimum Gasteiger partial charge on any atom is -0.465 e. The van der Waals surface area contributed by atoms with Gasteiger partial charge in [0.25, 0.3) is 0 Å². The van der Waals surface area contributed by atoms with Crippen molar-refractivity contribution >= 4 is 35.1 Å². The lowest BCUT2D eigenvalue weighted by Gasteiger charge is -2.18. The summed E-state index contributed by atoms with van der Waals surface area (Å²) < 4.78 is 10.0. The van der Waals surface area contributed by atoms with Gasteiger partial charge in [0.2, 0.25) is 0 Å². The van der Waals surface area contributed by atoms with Crippen LogP contribution < -0.4 is 0 Å². The zero-order chi connectivity index (χ0) is 18.7. The first-order valence-electron chi connectivity index (χ1n) is 7.54. The number of pyridine rings is 1. The highest BCUT2D eigenvalue weighted by atomic mass is 35.5.